The van der Waals surface area contributed by atoms with Gasteiger partial charge in [0, 0.05) is 28.8 Å². The number of Topliss-reactive ketones (excluding diaryl/α,β-unsaturated/α-hetero) is 1. The molecular weight excluding hydrogens is 276 g/mol. The number of imidazole rings is 1. The highest BCUT2D eigenvalue weighted by Crippen LogP contribution is 2.14. The lowest BCUT2D eigenvalue weighted by atomic mass is 10.1. The second kappa shape index (κ2) is 5.60. The predicted molar refractivity (Wildman–Crippen MR) is 86.2 cm³/mol. The van der Waals surface area contributed by atoms with Crippen LogP contribution in [0.25, 0.3) is 5.78 Å². The average Bonchev–Trinajstić information content (AvgIpc) is 2.88. The molecule has 2 heterocycles. The van der Waals surface area contributed by atoms with E-state index >= 15 is 0 Å². The van der Waals surface area contributed by atoms with Crippen LogP contribution in [0, 0.1) is 13.8 Å². The standard InChI is InChI=1S/C17H18N4O/c1-11-7-12(2)21-10-16(20-17(21)19-11)9-18-15-6-4-5-14(8-15)13(3)22/h4-8,10,18H,9H2,1-3H3. The molecule has 0 saturated carbocycles. The molecule has 3 aromatic rings. The summed E-state index contributed by atoms with van der Waals surface area (Å²) in [7, 11) is 0. The number of anilines is 1. The molecule has 0 saturated heterocycles. The quantitative estimate of drug-likeness (QED) is 0.751. The highest BCUT2D eigenvalue weighted by molar-refractivity contribution is 5.94. The second-order valence-electron chi connectivity index (χ2n) is 5.43. The summed E-state index contributed by atoms with van der Waals surface area (Å²) in [5, 5.41) is 3.30. The number of carbonyl (C=O) groups is 1. The first-order valence-corrected chi connectivity index (χ1v) is 7.20. The fourth-order valence-corrected chi connectivity index (χ4v) is 2.44. The van der Waals surface area contributed by atoms with Gasteiger partial charge in [0.25, 0.3) is 0 Å². The monoisotopic (exact) mass is 294 g/mol. The summed E-state index contributed by atoms with van der Waals surface area (Å²) in [6, 6.07) is 9.51. The van der Waals surface area contributed by atoms with Crippen molar-refractivity contribution in [3.63, 3.8) is 0 Å². The fraction of sp³-hybridized carbons (Fsp3) is 0.235. The number of nitrogens with one attached hydrogen (secondary N) is 1. The van der Waals surface area contributed by atoms with Crippen molar-refractivity contribution in [3.8, 4) is 0 Å². The van der Waals surface area contributed by atoms with Gasteiger partial charge in [-0.05, 0) is 39.0 Å². The second-order valence-corrected chi connectivity index (χ2v) is 5.43. The molecule has 5 nitrogen and oxygen atoms in total. The Morgan fingerprint density at radius 2 is 2.05 bits per heavy atom. The van der Waals surface area contributed by atoms with Crippen LogP contribution >= 0.6 is 0 Å². The zero-order valence-electron chi connectivity index (χ0n) is 12.9. The molecule has 0 bridgehead atoms. The van der Waals surface area contributed by atoms with E-state index in [-0.39, 0.29) is 5.78 Å². The van der Waals surface area contributed by atoms with Crippen LogP contribution in [0.3, 0.4) is 0 Å². The Bertz CT molecular complexity index is 851. The molecule has 3 rings (SSSR count). The van der Waals surface area contributed by atoms with Crippen LogP contribution in [0.4, 0.5) is 5.69 Å². The van der Waals surface area contributed by atoms with Crippen molar-refractivity contribution in [3.05, 3.63) is 59.2 Å². The first-order valence-electron chi connectivity index (χ1n) is 7.20. The van der Waals surface area contributed by atoms with Crippen LogP contribution in [-0.2, 0) is 6.54 Å². The molecule has 0 fully saturated rings. The van der Waals surface area contributed by atoms with Gasteiger partial charge in [-0.25, -0.2) is 9.97 Å². The maximum atomic E-state index is 11.4. The summed E-state index contributed by atoms with van der Waals surface area (Å²) in [4.78, 5) is 20.4. The summed E-state index contributed by atoms with van der Waals surface area (Å²) >= 11 is 0. The molecule has 0 aliphatic carbocycles. The fourth-order valence-electron chi connectivity index (χ4n) is 2.44. The van der Waals surface area contributed by atoms with Crippen LogP contribution in [0.5, 0.6) is 0 Å². The lowest BCUT2D eigenvalue weighted by molar-refractivity contribution is 0.101. The minimum absolute atomic E-state index is 0.0617. The van der Waals surface area contributed by atoms with E-state index in [0.717, 1.165) is 22.8 Å². The first kappa shape index (κ1) is 14.3. The minimum atomic E-state index is 0.0617. The number of aryl methyl sites for hydroxylation is 2. The SMILES string of the molecule is CC(=O)c1cccc(NCc2cn3c(C)cc(C)nc3n2)c1. The van der Waals surface area contributed by atoms with E-state index in [1.165, 1.54) is 0 Å². The maximum absolute atomic E-state index is 11.4. The number of nitrogens with zero attached hydrogens (tertiary/aromatic N) is 3. The Kier molecular flexibility index (Phi) is 3.63. The molecule has 0 unspecified atom stereocenters. The van der Waals surface area contributed by atoms with E-state index in [1.54, 1.807) is 6.92 Å². The van der Waals surface area contributed by atoms with E-state index < -0.39 is 0 Å². The molecule has 1 N–H and O–H groups in total. The van der Waals surface area contributed by atoms with Gasteiger partial charge in [0.05, 0.1) is 12.2 Å². The molecule has 112 valence electrons. The van der Waals surface area contributed by atoms with Crippen LogP contribution < -0.4 is 5.32 Å². The van der Waals surface area contributed by atoms with Crippen molar-refractivity contribution in [1.82, 2.24) is 14.4 Å². The number of hydrogen-bond acceptors (Lipinski definition) is 4. The molecule has 0 atom stereocenters. The number of carbonyl (C=O) groups excluding carboxylic acids is 1. The van der Waals surface area contributed by atoms with Gasteiger partial charge in [-0.1, -0.05) is 12.1 Å². The van der Waals surface area contributed by atoms with E-state index in [2.05, 4.69) is 15.3 Å². The smallest absolute Gasteiger partial charge is 0.234 e. The summed E-state index contributed by atoms with van der Waals surface area (Å²) in [5.74, 6) is 0.776. The van der Waals surface area contributed by atoms with Gasteiger partial charge in [0.15, 0.2) is 5.78 Å². The van der Waals surface area contributed by atoms with Gasteiger partial charge >= 0.3 is 0 Å². The Morgan fingerprint density at radius 1 is 1.23 bits per heavy atom. The molecule has 2 aromatic heterocycles. The van der Waals surface area contributed by atoms with Crippen molar-refractivity contribution in [2.45, 2.75) is 27.3 Å². The number of hydrogen-bond donors (Lipinski definition) is 1. The molecule has 0 amide bonds. The first-order chi connectivity index (χ1) is 10.5. The minimum Gasteiger partial charge on any atom is -0.379 e. The lowest BCUT2D eigenvalue weighted by Gasteiger charge is -2.05. The Morgan fingerprint density at radius 3 is 2.82 bits per heavy atom. The van der Waals surface area contributed by atoms with Crippen molar-refractivity contribution in [1.29, 1.82) is 0 Å². The molecule has 22 heavy (non-hydrogen) atoms. The van der Waals surface area contributed by atoms with Crippen LogP contribution in [-0.4, -0.2) is 20.2 Å². The molecule has 0 spiro atoms. The van der Waals surface area contributed by atoms with Crippen LogP contribution in [0.1, 0.15) is 34.4 Å². The number of aromatic nitrogens is 3. The zero-order chi connectivity index (χ0) is 15.7. The normalized spacial score (nSPS) is 10.9. The topological polar surface area (TPSA) is 59.3 Å². The van der Waals surface area contributed by atoms with E-state index in [0.29, 0.717) is 17.9 Å². The highest BCUT2D eigenvalue weighted by atomic mass is 16.1. The number of ketones is 1. The van der Waals surface area contributed by atoms with Gasteiger partial charge in [0.1, 0.15) is 0 Å². The average molecular weight is 294 g/mol. The van der Waals surface area contributed by atoms with Crippen molar-refractivity contribution in [2.24, 2.45) is 0 Å². The number of benzene rings is 1. The molecule has 0 radical (unpaired) electrons. The Hall–Kier alpha value is -2.69. The van der Waals surface area contributed by atoms with Gasteiger partial charge in [-0.2, -0.15) is 0 Å². The maximum Gasteiger partial charge on any atom is 0.234 e. The van der Waals surface area contributed by atoms with E-state index in [9.17, 15) is 4.79 Å². The summed E-state index contributed by atoms with van der Waals surface area (Å²) in [5.41, 5.74) is 4.59. The van der Waals surface area contributed by atoms with Gasteiger partial charge in [-0.3, -0.25) is 9.20 Å². The largest absolute Gasteiger partial charge is 0.379 e. The van der Waals surface area contributed by atoms with Crippen molar-refractivity contribution in [2.75, 3.05) is 5.32 Å². The third-order valence-corrected chi connectivity index (χ3v) is 3.55. The number of rotatable bonds is 4. The molecule has 0 aliphatic rings. The van der Waals surface area contributed by atoms with Crippen LogP contribution in [0.15, 0.2) is 36.5 Å². The van der Waals surface area contributed by atoms with Crippen molar-refractivity contribution < 1.29 is 4.79 Å². The number of fused-ring (bicyclic) bond motifs is 1. The lowest BCUT2D eigenvalue weighted by Crippen LogP contribution is -2.01. The van der Waals surface area contributed by atoms with Gasteiger partial charge in [0.2, 0.25) is 5.78 Å². The predicted octanol–water partition coefficient (Wildman–Crippen LogP) is 3.16. The van der Waals surface area contributed by atoms with Gasteiger partial charge in [-0.15, -0.1) is 0 Å². The Balaban J connectivity index is 1.81. The van der Waals surface area contributed by atoms with E-state index in [4.69, 9.17) is 0 Å². The molecule has 0 aliphatic heterocycles. The van der Waals surface area contributed by atoms with Crippen LogP contribution in [0.2, 0.25) is 0 Å². The zero-order valence-corrected chi connectivity index (χ0v) is 12.9. The van der Waals surface area contributed by atoms with E-state index in [1.807, 2.05) is 54.8 Å². The third-order valence-electron chi connectivity index (χ3n) is 3.55. The molecule has 5 heteroatoms. The Labute approximate surface area is 129 Å². The third kappa shape index (κ3) is 2.83. The van der Waals surface area contributed by atoms with Gasteiger partial charge < -0.3 is 5.32 Å². The highest BCUT2D eigenvalue weighted by Gasteiger charge is 2.06. The summed E-state index contributed by atoms with van der Waals surface area (Å²) < 4.78 is 1.98. The molecule has 1 aromatic carbocycles. The van der Waals surface area contributed by atoms with Crippen molar-refractivity contribution >= 4 is 17.2 Å². The summed E-state index contributed by atoms with van der Waals surface area (Å²) in [6.45, 7) is 6.16. The molecular formula is C17H18N4O. The summed E-state index contributed by atoms with van der Waals surface area (Å²) in [6.07, 6.45) is 1.99.